The van der Waals surface area contributed by atoms with Gasteiger partial charge < -0.3 is 4.74 Å². The van der Waals surface area contributed by atoms with Crippen molar-refractivity contribution in [3.05, 3.63) is 27.3 Å². The van der Waals surface area contributed by atoms with Crippen molar-refractivity contribution in [2.75, 3.05) is 0 Å². The first-order valence-corrected chi connectivity index (χ1v) is 5.87. The van der Waals surface area contributed by atoms with Gasteiger partial charge >= 0.3 is 5.97 Å². The van der Waals surface area contributed by atoms with Gasteiger partial charge in [-0.05, 0) is 49.4 Å². The molecule has 88 valence electrons. The highest BCUT2D eigenvalue weighted by molar-refractivity contribution is 14.1. The fraction of sp³-hybridized carbons (Fsp3) is 0.455. The van der Waals surface area contributed by atoms with Crippen LogP contribution in [0.3, 0.4) is 0 Å². The molecule has 0 radical (unpaired) electrons. The summed E-state index contributed by atoms with van der Waals surface area (Å²) < 4.78 is 18.6. The molecule has 0 spiro atoms. The van der Waals surface area contributed by atoms with Crippen molar-refractivity contribution in [2.45, 2.75) is 32.8 Å². The number of carbonyl (C=O) groups is 1. The Labute approximate surface area is 108 Å². The Bertz CT molecular complexity index is 401. The van der Waals surface area contributed by atoms with E-state index in [9.17, 15) is 9.18 Å². The van der Waals surface area contributed by atoms with Gasteiger partial charge in [0.05, 0.1) is 18.3 Å². The summed E-state index contributed by atoms with van der Waals surface area (Å²) in [5.41, 5.74) is 0.0268. The Morgan fingerprint density at radius 2 is 2.19 bits per heavy atom. The molecule has 0 amide bonds. The lowest BCUT2D eigenvalue weighted by Gasteiger charge is -2.19. The molecule has 0 bridgehead atoms. The monoisotopic (exact) mass is 337 g/mol. The first kappa shape index (κ1) is 13.3. The molecule has 0 atom stereocenters. The van der Waals surface area contributed by atoms with Gasteiger partial charge in [-0.1, -0.05) is 0 Å². The Morgan fingerprint density at radius 1 is 1.56 bits per heavy atom. The molecule has 1 aromatic heterocycles. The molecule has 0 unspecified atom stereocenters. The van der Waals surface area contributed by atoms with E-state index in [4.69, 9.17) is 4.74 Å². The average Bonchev–Trinajstić information content (AvgIpc) is 2.06. The predicted octanol–water partition coefficient (Wildman–Crippen LogP) is 2.71. The van der Waals surface area contributed by atoms with Gasteiger partial charge in [-0.3, -0.25) is 9.78 Å². The highest BCUT2D eigenvalue weighted by Gasteiger charge is 2.18. The summed E-state index contributed by atoms with van der Waals surface area (Å²) in [6, 6.07) is 1.34. The summed E-state index contributed by atoms with van der Waals surface area (Å²) in [6.45, 7) is 5.40. The lowest BCUT2D eigenvalue weighted by Crippen LogP contribution is -2.25. The van der Waals surface area contributed by atoms with E-state index in [0.29, 0.717) is 9.26 Å². The Morgan fingerprint density at radius 3 is 2.69 bits per heavy atom. The van der Waals surface area contributed by atoms with E-state index in [-0.39, 0.29) is 12.4 Å². The molecule has 1 rings (SSSR count). The number of pyridine rings is 1. The van der Waals surface area contributed by atoms with E-state index in [1.54, 1.807) is 20.8 Å². The van der Waals surface area contributed by atoms with Crippen LogP contribution in [0.25, 0.3) is 0 Å². The highest BCUT2D eigenvalue weighted by Crippen LogP contribution is 2.14. The van der Waals surface area contributed by atoms with Gasteiger partial charge in [0.25, 0.3) is 0 Å². The average molecular weight is 337 g/mol. The number of ether oxygens (including phenoxy) is 1. The number of hydrogen-bond acceptors (Lipinski definition) is 3. The number of hydrogen-bond donors (Lipinski definition) is 0. The van der Waals surface area contributed by atoms with Gasteiger partial charge in [-0.2, -0.15) is 0 Å². The van der Waals surface area contributed by atoms with Crippen LogP contribution in [0, 0.1) is 9.39 Å². The van der Waals surface area contributed by atoms with Crippen LogP contribution in [0.5, 0.6) is 0 Å². The maximum absolute atomic E-state index is 12.8. The molecule has 3 nitrogen and oxygen atoms in total. The van der Waals surface area contributed by atoms with Crippen molar-refractivity contribution in [3.63, 3.8) is 0 Å². The highest BCUT2D eigenvalue weighted by atomic mass is 127. The van der Waals surface area contributed by atoms with Crippen molar-refractivity contribution in [3.8, 4) is 0 Å². The first-order chi connectivity index (χ1) is 7.28. The van der Waals surface area contributed by atoms with Crippen LogP contribution in [-0.2, 0) is 16.0 Å². The molecule has 5 heteroatoms. The summed E-state index contributed by atoms with van der Waals surface area (Å²) >= 11 is 1.95. The minimum Gasteiger partial charge on any atom is -0.460 e. The smallest absolute Gasteiger partial charge is 0.312 e. The third-order valence-electron chi connectivity index (χ3n) is 1.62. The Kier molecular flexibility index (Phi) is 4.23. The molecule has 0 aliphatic heterocycles. The lowest BCUT2D eigenvalue weighted by molar-refractivity contribution is -0.154. The van der Waals surface area contributed by atoms with Crippen molar-refractivity contribution in [1.82, 2.24) is 4.98 Å². The normalized spacial score (nSPS) is 11.3. The van der Waals surface area contributed by atoms with Crippen LogP contribution < -0.4 is 0 Å². The van der Waals surface area contributed by atoms with E-state index >= 15 is 0 Å². The maximum atomic E-state index is 12.8. The molecule has 0 aromatic carbocycles. The number of rotatable bonds is 2. The zero-order valence-electron chi connectivity index (χ0n) is 9.38. The van der Waals surface area contributed by atoms with Gasteiger partial charge in [0.15, 0.2) is 0 Å². The van der Waals surface area contributed by atoms with E-state index < -0.39 is 11.4 Å². The second-order valence-electron chi connectivity index (χ2n) is 4.35. The summed E-state index contributed by atoms with van der Waals surface area (Å²) in [7, 11) is 0. The second kappa shape index (κ2) is 5.07. The summed E-state index contributed by atoms with van der Waals surface area (Å²) in [6.07, 6.45) is 1.16. The standard InChI is InChI=1S/C11H13FINO2/c1-11(2,3)16-10(15)5-9-8(13)4-7(12)6-14-9/h4,6H,5H2,1-3H3. The molecule has 0 fully saturated rings. The minimum absolute atomic E-state index is 0.0653. The third kappa shape index (κ3) is 4.42. The number of aromatic nitrogens is 1. The second-order valence-corrected chi connectivity index (χ2v) is 5.51. The van der Waals surface area contributed by atoms with Crippen LogP contribution in [0.15, 0.2) is 12.3 Å². The molecular weight excluding hydrogens is 324 g/mol. The van der Waals surface area contributed by atoms with Gasteiger partial charge in [-0.15, -0.1) is 0 Å². The number of esters is 1. The molecule has 16 heavy (non-hydrogen) atoms. The van der Waals surface area contributed by atoms with Crippen molar-refractivity contribution >= 4 is 28.6 Å². The number of carbonyl (C=O) groups excluding carboxylic acids is 1. The molecular formula is C11H13FINO2. The zero-order chi connectivity index (χ0) is 12.3. The summed E-state index contributed by atoms with van der Waals surface area (Å²) in [5.74, 6) is -0.762. The number of halogens is 2. The van der Waals surface area contributed by atoms with Gasteiger partial charge in [-0.25, -0.2) is 4.39 Å². The van der Waals surface area contributed by atoms with E-state index in [2.05, 4.69) is 4.98 Å². The van der Waals surface area contributed by atoms with Crippen LogP contribution >= 0.6 is 22.6 Å². The van der Waals surface area contributed by atoms with E-state index in [1.807, 2.05) is 22.6 Å². The quantitative estimate of drug-likeness (QED) is 0.615. The Hall–Kier alpha value is -0.720. The van der Waals surface area contributed by atoms with Crippen LogP contribution in [0.2, 0.25) is 0 Å². The molecule has 0 aliphatic rings. The third-order valence-corrected chi connectivity index (χ3v) is 2.55. The maximum Gasteiger partial charge on any atom is 0.312 e. The molecule has 0 N–H and O–H groups in total. The molecule has 0 saturated heterocycles. The molecule has 0 saturated carbocycles. The summed E-state index contributed by atoms with van der Waals surface area (Å²) in [4.78, 5) is 15.4. The molecule has 0 aliphatic carbocycles. The summed E-state index contributed by atoms with van der Waals surface area (Å²) in [5, 5.41) is 0. The van der Waals surface area contributed by atoms with E-state index in [1.165, 1.54) is 6.07 Å². The lowest BCUT2D eigenvalue weighted by atomic mass is 10.2. The number of nitrogens with zero attached hydrogens (tertiary/aromatic N) is 1. The van der Waals surface area contributed by atoms with Crippen molar-refractivity contribution in [2.24, 2.45) is 0 Å². The Balaban J connectivity index is 2.70. The van der Waals surface area contributed by atoms with Crippen LogP contribution in [-0.4, -0.2) is 16.6 Å². The van der Waals surface area contributed by atoms with Gasteiger partial charge in [0.2, 0.25) is 0 Å². The first-order valence-electron chi connectivity index (χ1n) is 4.80. The van der Waals surface area contributed by atoms with Gasteiger partial charge in [0.1, 0.15) is 11.4 Å². The minimum atomic E-state index is -0.511. The fourth-order valence-electron chi connectivity index (χ4n) is 1.09. The largest absolute Gasteiger partial charge is 0.460 e. The SMILES string of the molecule is CC(C)(C)OC(=O)Cc1ncc(F)cc1I. The van der Waals surface area contributed by atoms with E-state index in [0.717, 1.165) is 6.20 Å². The van der Waals surface area contributed by atoms with Crippen molar-refractivity contribution in [1.29, 1.82) is 0 Å². The predicted molar refractivity (Wildman–Crippen MR) is 66.5 cm³/mol. The fourth-order valence-corrected chi connectivity index (χ4v) is 1.71. The van der Waals surface area contributed by atoms with Crippen LogP contribution in [0.4, 0.5) is 4.39 Å². The van der Waals surface area contributed by atoms with Crippen LogP contribution in [0.1, 0.15) is 26.5 Å². The van der Waals surface area contributed by atoms with Crippen molar-refractivity contribution < 1.29 is 13.9 Å². The van der Waals surface area contributed by atoms with Gasteiger partial charge in [0, 0.05) is 3.57 Å². The molecule has 1 aromatic rings. The topological polar surface area (TPSA) is 39.2 Å². The molecule has 1 heterocycles. The zero-order valence-corrected chi connectivity index (χ0v) is 11.5.